The molecule has 5 heteroatoms. The van der Waals surface area contributed by atoms with Crippen molar-refractivity contribution >= 4 is 5.78 Å². The molecule has 3 N–H and O–H groups in total. The number of aromatic hydroxyl groups is 3. The van der Waals surface area contributed by atoms with Gasteiger partial charge in [-0.1, -0.05) is 48.5 Å². The fourth-order valence-electron chi connectivity index (χ4n) is 3.23. The number of hydrogen-bond donors (Lipinski definition) is 3. The van der Waals surface area contributed by atoms with Gasteiger partial charge in [-0.3, -0.25) is 4.79 Å². The number of rotatable bonds is 7. The summed E-state index contributed by atoms with van der Waals surface area (Å²) in [7, 11) is 1.32. The highest BCUT2D eigenvalue weighted by Crippen LogP contribution is 2.42. The summed E-state index contributed by atoms with van der Waals surface area (Å²) in [5.41, 5.74) is 2.14. The van der Waals surface area contributed by atoms with Crippen molar-refractivity contribution in [2.75, 3.05) is 7.11 Å². The average molecular weight is 378 g/mol. The molecule has 0 saturated carbocycles. The summed E-state index contributed by atoms with van der Waals surface area (Å²) >= 11 is 0. The summed E-state index contributed by atoms with van der Waals surface area (Å²) in [6.07, 6.45) is 0.905. The van der Waals surface area contributed by atoms with Crippen LogP contribution in [0.25, 0.3) is 0 Å². The van der Waals surface area contributed by atoms with Crippen LogP contribution in [-0.2, 0) is 12.8 Å². The highest BCUT2D eigenvalue weighted by Gasteiger charge is 2.24. The summed E-state index contributed by atoms with van der Waals surface area (Å²) in [5.74, 6) is -0.954. The molecule has 0 bridgehead atoms. The van der Waals surface area contributed by atoms with Gasteiger partial charge in [0.15, 0.2) is 17.3 Å². The van der Waals surface area contributed by atoms with Crippen LogP contribution in [-0.4, -0.2) is 28.2 Å². The van der Waals surface area contributed by atoms with Crippen molar-refractivity contribution in [1.29, 1.82) is 0 Å². The summed E-state index contributed by atoms with van der Waals surface area (Å²) < 4.78 is 5.06. The lowest BCUT2D eigenvalue weighted by Crippen LogP contribution is -2.08. The van der Waals surface area contributed by atoms with Gasteiger partial charge in [0.05, 0.1) is 12.7 Å². The summed E-state index contributed by atoms with van der Waals surface area (Å²) in [6.45, 7) is 0. The van der Waals surface area contributed by atoms with Gasteiger partial charge in [0.25, 0.3) is 0 Å². The molecular weight excluding hydrogens is 356 g/mol. The van der Waals surface area contributed by atoms with E-state index in [4.69, 9.17) is 4.74 Å². The van der Waals surface area contributed by atoms with Crippen LogP contribution in [0.1, 0.15) is 33.5 Å². The van der Waals surface area contributed by atoms with Gasteiger partial charge in [0.2, 0.25) is 5.75 Å². The second kappa shape index (κ2) is 8.48. The quantitative estimate of drug-likeness (QED) is 0.536. The zero-order valence-corrected chi connectivity index (χ0v) is 15.6. The number of methoxy groups -OCH3 is 1. The second-order valence-corrected chi connectivity index (χ2v) is 6.53. The minimum atomic E-state index is -0.383. The first-order valence-electron chi connectivity index (χ1n) is 8.97. The van der Waals surface area contributed by atoms with E-state index in [9.17, 15) is 20.1 Å². The van der Waals surface area contributed by atoms with E-state index in [0.717, 1.165) is 5.56 Å². The Morgan fingerprint density at radius 1 is 0.893 bits per heavy atom. The highest BCUT2D eigenvalue weighted by molar-refractivity contribution is 6.01. The lowest BCUT2D eigenvalue weighted by molar-refractivity contribution is 0.0978. The third kappa shape index (κ3) is 4.09. The maximum Gasteiger partial charge on any atom is 0.203 e. The minimum absolute atomic E-state index is 0.0833. The highest BCUT2D eigenvalue weighted by atomic mass is 16.5. The molecule has 0 aliphatic rings. The van der Waals surface area contributed by atoms with E-state index in [2.05, 4.69) is 0 Å². The maximum absolute atomic E-state index is 13.0. The topological polar surface area (TPSA) is 87.0 Å². The molecule has 0 fully saturated rings. The SMILES string of the molecule is COc1c(O)cc(Cc2ccccc2O)c(C(=O)CCc2ccccc2)c1O. The van der Waals surface area contributed by atoms with Crippen molar-refractivity contribution in [3.05, 3.63) is 82.9 Å². The van der Waals surface area contributed by atoms with E-state index in [1.165, 1.54) is 13.2 Å². The van der Waals surface area contributed by atoms with Crippen molar-refractivity contribution in [2.24, 2.45) is 0 Å². The van der Waals surface area contributed by atoms with Crippen molar-refractivity contribution < 1.29 is 24.9 Å². The first-order valence-corrected chi connectivity index (χ1v) is 8.97. The van der Waals surface area contributed by atoms with E-state index >= 15 is 0 Å². The second-order valence-electron chi connectivity index (χ2n) is 6.53. The lowest BCUT2D eigenvalue weighted by atomic mass is 9.92. The largest absolute Gasteiger partial charge is 0.508 e. The predicted molar refractivity (Wildman–Crippen MR) is 106 cm³/mol. The molecule has 0 amide bonds. The van der Waals surface area contributed by atoms with Gasteiger partial charge in [-0.2, -0.15) is 0 Å². The normalized spacial score (nSPS) is 10.6. The number of ketones is 1. The Hall–Kier alpha value is -3.47. The zero-order chi connectivity index (χ0) is 20.1. The standard InChI is InChI=1S/C23H22O5/c1-28-23-20(26)14-17(13-16-9-5-6-10-18(16)24)21(22(23)27)19(25)12-11-15-7-3-2-4-8-15/h2-10,14,24,26-27H,11-13H2,1H3. The molecular formula is C23H22O5. The van der Waals surface area contributed by atoms with Crippen molar-refractivity contribution in [3.63, 3.8) is 0 Å². The van der Waals surface area contributed by atoms with E-state index < -0.39 is 0 Å². The third-order valence-electron chi connectivity index (χ3n) is 4.66. The molecule has 0 aliphatic carbocycles. The number of carbonyl (C=O) groups is 1. The Balaban J connectivity index is 1.97. The number of phenolic OH excluding ortho intramolecular Hbond substituents is 3. The van der Waals surface area contributed by atoms with Gasteiger partial charge in [-0.05, 0) is 35.2 Å². The van der Waals surface area contributed by atoms with Crippen LogP contribution >= 0.6 is 0 Å². The monoisotopic (exact) mass is 378 g/mol. The van der Waals surface area contributed by atoms with E-state index in [0.29, 0.717) is 17.5 Å². The number of Topliss-reactive ketones (excluding diaryl/α,β-unsaturated/α-hetero) is 1. The van der Waals surface area contributed by atoms with Crippen molar-refractivity contribution in [1.82, 2.24) is 0 Å². The molecule has 3 aromatic rings. The third-order valence-corrected chi connectivity index (χ3v) is 4.66. The van der Waals surface area contributed by atoms with Gasteiger partial charge in [-0.15, -0.1) is 0 Å². The summed E-state index contributed by atoms with van der Waals surface area (Å²) in [6, 6.07) is 17.8. The number of ether oxygens (including phenoxy) is 1. The van der Waals surface area contributed by atoms with Gasteiger partial charge >= 0.3 is 0 Å². The van der Waals surface area contributed by atoms with Gasteiger partial charge in [0.1, 0.15) is 5.75 Å². The van der Waals surface area contributed by atoms with Crippen LogP contribution in [0, 0.1) is 0 Å². The summed E-state index contributed by atoms with van der Waals surface area (Å²) in [5, 5.41) is 30.8. The molecule has 0 saturated heterocycles. The Morgan fingerprint density at radius 3 is 2.25 bits per heavy atom. The van der Waals surface area contributed by atoms with Gasteiger partial charge in [0, 0.05) is 12.8 Å². The molecule has 0 unspecified atom stereocenters. The Morgan fingerprint density at radius 2 is 1.57 bits per heavy atom. The maximum atomic E-state index is 13.0. The Bertz CT molecular complexity index is 980. The molecule has 0 aliphatic heterocycles. The number of para-hydroxylation sites is 1. The van der Waals surface area contributed by atoms with Crippen LogP contribution < -0.4 is 4.74 Å². The molecule has 3 aromatic carbocycles. The number of hydrogen-bond acceptors (Lipinski definition) is 5. The Kier molecular flexibility index (Phi) is 5.84. The average Bonchev–Trinajstić information content (AvgIpc) is 2.69. The van der Waals surface area contributed by atoms with Gasteiger partial charge < -0.3 is 20.1 Å². The smallest absolute Gasteiger partial charge is 0.203 e. The van der Waals surface area contributed by atoms with Crippen molar-refractivity contribution in [3.8, 4) is 23.0 Å². The fraction of sp³-hybridized carbons (Fsp3) is 0.174. The van der Waals surface area contributed by atoms with Crippen LogP contribution in [0.4, 0.5) is 0 Å². The van der Waals surface area contributed by atoms with Crippen molar-refractivity contribution in [2.45, 2.75) is 19.3 Å². The molecule has 0 heterocycles. The molecule has 144 valence electrons. The first-order chi connectivity index (χ1) is 13.5. The molecule has 5 nitrogen and oxygen atoms in total. The molecule has 0 aromatic heterocycles. The fourth-order valence-corrected chi connectivity index (χ4v) is 3.23. The molecule has 0 spiro atoms. The zero-order valence-electron chi connectivity index (χ0n) is 15.6. The van der Waals surface area contributed by atoms with Crippen LogP contribution in [0.2, 0.25) is 0 Å². The van der Waals surface area contributed by atoms with E-state index in [-0.39, 0.29) is 47.2 Å². The number of aryl methyl sites for hydroxylation is 1. The number of benzene rings is 3. The lowest BCUT2D eigenvalue weighted by Gasteiger charge is -2.16. The molecule has 0 radical (unpaired) electrons. The first kappa shape index (κ1) is 19.3. The van der Waals surface area contributed by atoms with Gasteiger partial charge in [-0.25, -0.2) is 0 Å². The predicted octanol–water partition coefficient (Wildman–Crippen LogP) is 4.22. The number of phenols is 3. The number of carbonyl (C=O) groups excluding carboxylic acids is 1. The molecule has 3 rings (SSSR count). The Labute approximate surface area is 163 Å². The molecule has 28 heavy (non-hydrogen) atoms. The molecule has 0 atom stereocenters. The van der Waals surface area contributed by atoms with Crippen LogP contribution in [0.5, 0.6) is 23.0 Å². The van der Waals surface area contributed by atoms with E-state index in [1.807, 2.05) is 30.3 Å². The van der Waals surface area contributed by atoms with E-state index in [1.54, 1.807) is 24.3 Å². The van der Waals surface area contributed by atoms with Crippen LogP contribution in [0.3, 0.4) is 0 Å². The van der Waals surface area contributed by atoms with Crippen LogP contribution in [0.15, 0.2) is 60.7 Å². The summed E-state index contributed by atoms with van der Waals surface area (Å²) in [4.78, 5) is 13.0. The minimum Gasteiger partial charge on any atom is -0.508 e.